The van der Waals surface area contributed by atoms with Gasteiger partial charge in [0.15, 0.2) is 6.29 Å². The quantitative estimate of drug-likeness (QED) is 0.631. The summed E-state index contributed by atoms with van der Waals surface area (Å²) in [6.07, 6.45) is -1.05. The van der Waals surface area contributed by atoms with Gasteiger partial charge in [0.2, 0.25) is 0 Å². The van der Waals surface area contributed by atoms with Gasteiger partial charge in [-0.3, -0.25) is 0 Å². The van der Waals surface area contributed by atoms with E-state index in [4.69, 9.17) is 21.1 Å². The molecule has 0 spiro atoms. The van der Waals surface area contributed by atoms with Gasteiger partial charge in [0.25, 0.3) is 0 Å². The van der Waals surface area contributed by atoms with Crippen LogP contribution >= 0.6 is 11.6 Å². The van der Waals surface area contributed by atoms with Gasteiger partial charge in [0.1, 0.15) is 11.9 Å². The Balaban J connectivity index is 2.22. The van der Waals surface area contributed by atoms with Crippen molar-refractivity contribution in [2.45, 2.75) is 52.1 Å². The van der Waals surface area contributed by atoms with E-state index in [1.807, 2.05) is 51.1 Å². The second-order valence-corrected chi connectivity index (χ2v) is 6.70. The molecule has 5 heteroatoms. The molecule has 142 valence electrons. The molecule has 0 amide bonds. The first-order valence-corrected chi connectivity index (χ1v) is 9.34. The van der Waals surface area contributed by atoms with Crippen LogP contribution in [0.25, 0.3) is 0 Å². The predicted octanol–water partition coefficient (Wildman–Crippen LogP) is 4.50. The summed E-state index contributed by atoms with van der Waals surface area (Å²) < 4.78 is 11.2. The van der Waals surface area contributed by atoms with Gasteiger partial charge in [-0.1, -0.05) is 42.8 Å². The van der Waals surface area contributed by atoms with Gasteiger partial charge < -0.3 is 19.7 Å². The lowest BCUT2D eigenvalue weighted by molar-refractivity contribution is -0.164. The standard InChI is InChI=1S/C21H27ClO4/c1-4-14(3)26-20(21(23)24)16-8-11-19(22)17(13-16)12-15-6-9-18(10-7-15)25-5-2/h6-11,13-14,20-21,23-24H,4-5,12H2,1-3H3. The highest BCUT2D eigenvalue weighted by Gasteiger charge is 2.22. The number of ether oxygens (including phenoxy) is 2. The molecule has 0 radical (unpaired) electrons. The van der Waals surface area contributed by atoms with Crippen LogP contribution in [0.5, 0.6) is 5.75 Å². The third-order valence-electron chi connectivity index (χ3n) is 4.25. The molecule has 0 aromatic heterocycles. The summed E-state index contributed by atoms with van der Waals surface area (Å²) in [7, 11) is 0. The zero-order valence-electron chi connectivity index (χ0n) is 15.5. The fraction of sp³-hybridized carbons (Fsp3) is 0.429. The minimum atomic E-state index is -1.59. The maximum Gasteiger partial charge on any atom is 0.182 e. The molecule has 0 heterocycles. The summed E-state index contributed by atoms with van der Waals surface area (Å²) in [6, 6.07) is 13.3. The molecule has 0 aliphatic carbocycles. The highest BCUT2D eigenvalue weighted by atomic mass is 35.5. The van der Waals surface area contributed by atoms with E-state index in [9.17, 15) is 10.2 Å². The minimum absolute atomic E-state index is 0.0768. The number of aliphatic hydroxyl groups excluding tert-OH is 1. The van der Waals surface area contributed by atoms with Crippen LogP contribution in [0.4, 0.5) is 0 Å². The topological polar surface area (TPSA) is 58.9 Å². The molecule has 0 aliphatic heterocycles. The number of halogens is 1. The van der Waals surface area contributed by atoms with Gasteiger partial charge in [-0.25, -0.2) is 0 Å². The van der Waals surface area contributed by atoms with E-state index >= 15 is 0 Å². The molecule has 2 rings (SSSR count). The molecule has 0 saturated carbocycles. The Kier molecular flexibility index (Phi) is 7.91. The van der Waals surface area contributed by atoms with Crippen LogP contribution in [0.2, 0.25) is 5.02 Å². The van der Waals surface area contributed by atoms with Crippen molar-refractivity contribution in [1.29, 1.82) is 0 Å². The van der Waals surface area contributed by atoms with E-state index in [0.29, 0.717) is 23.6 Å². The second-order valence-electron chi connectivity index (χ2n) is 6.29. The summed E-state index contributed by atoms with van der Waals surface area (Å²) in [4.78, 5) is 0. The smallest absolute Gasteiger partial charge is 0.182 e. The monoisotopic (exact) mass is 378 g/mol. The molecule has 4 nitrogen and oxygen atoms in total. The highest BCUT2D eigenvalue weighted by molar-refractivity contribution is 6.31. The van der Waals surface area contributed by atoms with Crippen LogP contribution in [0.1, 0.15) is 50.0 Å². The van der Waals surface area contributed by atoms with E-state index in [1.165, 1.54) is 0 Å². The van der Waals surface area contributed by atoms with Crippen LogP contribution in [0, 0.1) is 0 Å². The minimum Gasteiger partial charge on any atom is -0.494 e. The average molecular weight is 379 g/mol. The van der Waals surface area contributed by atoms with Gasteiger partial charge in [0.05, 0.1) is 12.7 Å². The van der Waals surface area contributed by atoms with E-state index in [0.717, 1.165) is 23.3 Å². The Morgan fingerprint density at radius 1 is 1.04 bits per heavy atom. The third kappa shape index (κ3) is 5.71. The average Bonchev–Trinajstić information content (AvgIpc) is 2.63. The van der Waals surface area contributed by atoms with Crippen LogP contribution in [-0.4, -0.2) is 29.2 Å². The molecule has 2 N–H and O–H groups in total. The van der Waals surface area contributed by atoms with Crippen molar-refractivity contribution in [2.24, 2.45) is 0 Å². The van der Waals surface area contributed by atoms with Crippen molar-refractivity contribution in [1.82, 2.24) is 0 Å². The van der Waals surface area contributed by atoms with Crippen molar-refractivity contribution in [3.8, 4) is 5.75 Å². The van der Waals surface area contributed by atoms with Crippen molar-refractivity contribution in [2.75, 3.05) is 6.61 Å². The van der Waals surface area contributed by atoms with E-state index in [1.54, 1.807) is 12.1 Å². The normalized spacial score (nSPS) is 13.7. The van der Waals surface area contributed by atoms with Crippen molar-refractivity contribution < 1.29 is 19.7 Å². The molecule has 0 bridgehead atoms. The van der Waals surface area contributed by atoms with Crippen molar-refractivity contribution in [3.05, 3.63) is 64.2 Å². The number of hydrogen-bond acceptors (Lipinski definition) is 4. The Morgan fingerprint density at radius 2 is 1.73 bits per heavy atom. The lowest BCUT2D eigenvalue weighted by Gasteiger charge is -2.24. The fourth-order valence-corrected chi connectivity index (χ4v) is 2.85. The number of benzene rings is 2. The van der Waals surface area contributed by atoms with Crippen molar-refractivity contribution >= 4 is 11.6 Å². The molecular weight excluding hydrogens is 352 g/mol. The lowest BCUT2D eigenvalue weighted by atomic mass is 10.00. The number of aliphatic hydroxyl groups is 2. The Labute approximate surface area is 160 Å². The Morgan fingerprint density at radius 3 is 2.31 bits per heavy atom. The third-order valence-corrected chi connectivity index (χ3v) is 4.62. The van der Waals surface area contributed by atoms with Crippen LogP contribution < -0.4 is 4.74 Å². The summed E-state index contributed by atoms with van der Waals surface area (Å²) in [5, 5.41) is 20.1. The summed E-state index contributed by atoms with van der Waals surface area (Å²) >= 11 is 6.35. The molecule has 26 heavy (non-hydrogen) atoms. The van der Waals surface area contributed by atoms with Crippen LogP contribution in [-0.2, 0) is 11.2 Å². The van der Waals surface area contributed by atoms with Gasteiger partial charge >= 0.3 is 0 Å². The highest BCUT2D eigenvalue weighted by Crippen LogP contribution is 2.29. The Hall–Kier alpha value is -1.59. The first kappa shape index (κ1) is 20.7. The molecule has 0 fully saturated rings. The SMILES string of the molecule is CCOc1ccc(Cc2cc(C(OC(C)CC)C(O)O)ccc2Cl)cc1. The van der Waals surface area contributed by atoms with E-state index in [2.05, 4.69) is 0 Å². The van der Waals surface area contributed by atoms with Gasteiger partial charge in [-0.15, -0.1) is 0 Å². The molecule has 2 atom stereocenters. The van der Waals surface area contributed by atoms with Gasteiger partial charge in [0, 0.05) is 5.02 Å². The second kappa shape index (κ2) is 9.93. The molecule has 2 aromatic carbocycles. The molecule has 2 unspecified atom stereocenters. The zero-order chi connectivity index (χ0) is 19.1. The van der Waals surface area contributed by atoms with Crippen LogP contribution in [0.15, 0.2) is 42.5 Å². The maximum absolute atomic E-state index is 9.72. The van der Waals surface area contributed by atoms with E-state index < -0.39 is 12.4 Å². The Bertz CT molecular complexity index is 685. The predicted molar refractivity (Wildman–Crippen MR) is 104 cm³/mol. The van der Waals surface area contributed by atoms with Crippen molar-refractivity contribution in [3.63, 3.8) is 0 Å². The van der Waals surface area contributed by atoms with Gasteiger partial charge in [-0.05, 0) is 61.6 Å². The first-order valence-electron chi connectivity index (χ1n) is 8.96. The van der Waals surface area contributed by atoms with Gasteiger partial charge in [-0.2, -0.15) is 0 Å². The lowest BCUT2D eigenvalue weighted by Crippen LogP contribution is -2.24. The molecule has 0 aliphatic rings. The van der Waals surface area contributed by atoms with Crippen LogP contribution in [0.3, 0.4) is 0 Å². The molecular formula is C21H27ClO4. The zero-order valence-corrected chi connectivity index (χ0v) is 16.2. The summed E-state index contributed by atoms with van der Waals surface area (Å²) in [5.74, 6) is 0.835. The summed E-state index contributed by atoms with van der Waals surface area (Å²) in [5.41, 5.74) is 2.70. The first-order chi connectivity index (χ1) is 12.4. The fourth-order valence-electron chi connectivity index (χ4n) is 2.66. The number of rotatable bonds is 9. The number of hydrogen-bond donors (Lipinski definition) is 2. The molecule has 0 saturated heterocycles. The molecule has 2 aromatic rings. The maximum atomic E-state index is 9.72. The largest absolute Gasteiger partial charge is 0.494 e. The summed E-state index contributed by atoms with van der Waals surface area (Å²) in [6.45, 7) is 6.48. The van der Waals surface area contributed by atoms with E-state index in [-0.39, 0.29) is 6.10 Å².